The minimum absolute atomic E-state index is 0.174. The van der Waals surface area contributed by atoms with Gasteiger partial charge in [0.2, 0.25) is 0 Å². The van der Waals surface area contributed by atoms with Gasteiger partial charge in [0, 0.05) is 5.70 Å². The lowest BCUT2D eigenvalue weighted by Crippen LogP contribution is -2.29. The van der Waals surface area contributed by atoms with Gasteiger partial charge < -0.3 is 10.4 Å². The molecule has 0 saturated heterocycles. The van der Waals surface area contributed by atoms with Gasteiger partial charge >= 0.3 is 5.97 Å². The molecule has 5 heteroatoms. The SMILES string of the molecule is C=C(NCC(=O)O)C(C)ON. The van der Waals surface area contributed by atoms with Crippen LogP contribution in [0.4, 0.5) is 0 Å². The summed E-state index contributed by atoms with van der Waals surface area (Å²) in [7, 11) is 0. The van der Waals surface area contributed by atoms with Crippen LogP contribution in [0.1, 0.15) is 6.92 Å². The highest BCUT2D eigenvalue weighted by Crippen LogP contribution is 1.95. The summed E-state index contributed by atoms with van der Waals surface area (Å²) in [6.07, 6.45) is -0.380. The first-order valence-corrected chi connectivity index (χ1v) is 3.08. The van der Waals surface area contributed by atoms with Gasteiger partial charge in [0.1, 0.15) is 12.6 Å². The van der Waals surface area contributed by atoms with Crippen molar-refractivity contribution in [2.75, 3.05) is 6.54 Å². The van der Waals surface area contributed by atoms with Gasteiger partial charge in [-0.2, -0.15) is 0 Å². The number of carbonyl (C=O) groups is 1. The molecular weight excluding hydrogens is 148 g/mol. The number of hydrogen-bond donors (Lipinski definition) is 3. The van der Waals surface area contributed by atoms with Crippen LogP contribution in [-0.4, -0.2) is 23.7 Å². The van der Waals surface area contributed by atoms with Gasteiger partial charge in [-0.3, -0.25) is 9.63 Å². The highest BCUT2D eigenvalue weighted by molar-refractivity contribution is 5.69. The van der Waals surface area contributed by atoms with Crippen LogP contribution in [0.15, 0.2) is 12.3 Å². The Morgan fingerprint density at radius 3 is 2.82 bits per heavy atom. The maximum Gasteiger partial charge on any atom is 0.322 e. The van der Waals surface area contributed by atoms with Crippen LogP contribution in [0.3, 0.4) is 0 Å². The number of carboxylic acids is 1. The first-order chi connectivity index (χ1) is 5.07. The van der Waals surface area contributed by atoms with Crippen LogP contribution in [0.5, 0.6) is 0 Å². The zero-order valence-corrected chi connectivity index (χ0v) is 6.33. The topological polar surface area (TPSA) is 84.6 Å². The second-order valence-corrected chi connectivity index (χ2v) is 2.05. The summed E-state index contributed by atoms with van der Waals surface area (Å²) in [6, 6.07) is 0. The molecule has 0 heterocycles. The Hall–Kier alpha value is -1.07. The average Bonchev–Trinajstić information content (AvgIpc) is 1.98. The van der Waals surface area contributed by atoms with Gasteiger partial charge in [0.25, 0.3) is 0 Å². The van der Waals surface area contributed by atoms with E-state index in [9.17, 15) is 4.79 Å². The van der Waals surface area contributed by atoms with E-state index in [1.165, 1.54) is 0 Å². The van der Waals surface area contributed by atoms with E-state index >= 15 is 0 Å². The van der Waals surface area contributed by atoms with Crippen molar-refractivity contribution in [1.29, 1.82) is 0 Å². The molecule has 0 aliphatic carbocycles. The predicted molar refractivity (Wildman–Crippen MR) is 39.5 cm³/mol. The fourth-order valence-electron chi connectivity index (χ4n) is 0.415. The molecule has 5 nitrogen and oxygen atoms in total. The van der Waals surface area contributed by atoms with Crippen LogP contribution in [-0.2, 0) is 9.63 Å². The molecule has 0 aliphatic rings. The van der Waals surface area contributed by atoms with Crippen LogP contribution in [0.2, 0.25) is 0 Å². The van der Waals surface area contributed by atoms with Crippen LogP contribution in [0, 0.1) is 0 Å². The molecule has 11 heavy (non-hydrogen) atoms. The molecule has 4 N–H and O–H groups in total. The molecule has 0 aromatic rings. The average molecular weight is 160 g/mol. The van der Waals surface area contributed by atoms with E-state index in [2.05, 4.69) is 16.7 Å². The van der Waals surface area contributed by atoms with Crippen molar-refractivity contribution < 1.29 is 14.7 Å². The van der Waals surface area contributed by atoms with E-state index in [4.69, 9.17) is 11.0 Å². The molecular formula is C6H12N2O3. The summed E-state index contributed by atoms with van der Waals surface area (Å²) >= 11 is 0. The molecule has 0 aromatic carbocycles. The lowest BCUT2D eigenvalue weighted by molar-refractivity contribution is -0.135. The maximum atomic E-state index is 10.0. The van der Waals surface area contributed by atoms with Crippen molar-refractivity contribution in [1.82, 2.24) is 5.32 Å². The van der Waals surface area contributed by atoms with Gasteiger partial charge in [0.05, 0.1) is 0 Å². The molecule has 0 aromatic heterocycles. The normalized spacial score (nSPS) is 12.2. The molecule has 1 atom stereocenters. The first kappa shape index (κ1) is 9.93. The molecule has 64 valence electrons. The van der Waals surface area contributed by atoms with E-state index < -0.39 is 5.97 Å². The third kappa shape index (κ3) is 4.35. The highest BCUT2D eigenvalue weighted by atomic mass is 16.6. The quantitative estimate of drug-likeness (QED) is 0.470. The summed E-state index contributed by atoms with van der Waals surface area (Å²) in [5, 5.41) is 10.8. The molecule has 0 saturated carbocycles. The number of nitrogens with one attached hydrogen (secondary N) is 1. The monoisotopic (exact) mass is 160 g/mol. The van der Waals surface area contributed by atoms with Crippen molar-refractivity contribution in [3.63, 3.8) is 0 Å². The molecule has 0 bridgehead atoms. The van der Waals surface area contributed by atoms with Gasteiger partial charge in [-0.1, -0.05) is 6.58 Å². The number of nitrogens with two attached hydrogens (primary N) is 1. The van der Waals surface area contributed by atoms with Gasteiger partial charge in [0.15, 0.2) is 0 Å². The van der Waals surface area contributed by atoms with E-state index in [1.807, 2.05) is 0 Å². The van der Waals surface area contributed by atoms with Crippen LogP contribution < -0.4 is 11.2 Å². The Kier molecular flexibility index (Phi) is 4.24. The third-order valence-corrected chi connectivity index (χ3v) is 1.16. The lowest BCUT2D eigenvalue weighted by atomic mass is 10.3. The fraction of sp³-hybridized carbons (Fsp3) is 0.500. The number of rotatable bonds is 5. The van der Waals surface area contributed by atoms with Crippen molar-refractivity contribution >= 4 is 5.97 Å². The zero-order valence-electron chi connectivity index (χ0n) is 6.33. The second kappa shape index (κ2) is 4.70. The molecule has 0 fully saturated rings. The molecule has 0 spiro atoms. The van der Waals surface area contributed by atoms with E-state index in [-0.39, 0.29) is 12.6 Å². The Morgan fingerprint density at radius 1 is 1.91 bits per heavy atom. The third-order valence-electron chi connectivity index (χ3n) is 1.16. The molecule has 1 unspecified atom stereocenters. The van der Waals surface area contributed by atoms with Crippen molar-refractivity contribution in [3.05, 3.63) is 12.3 Å². The Balaban J connectivity index is 3.60. The minimum atomic E-state index is -0.949. The van der Waals surface area contributed by atoms with Crippen LogP contribution >= 0.6 is 0 Å². The van der Waals surface area contributed by atoms with E-state index in [1.54, 1.807) is 6.92 Å². The van der Waals surface area contributed by atoms with Gasteiger partial charge in [-0.05, 0) is 6.92 Å². The zero-order chi connectivity index (χ0) is 8.85. The highest BCUT2D eigenvalue weighted by Gasteiger charge is 2.05. The summed E-state index contributed by atoms with van der Waals surface area (Å²) in [5.74, 6) is 3.88. The molecule has 0 amide bonds. The summed E-state index contributed by atoms with van der Waals surface area (Å²) < 4.78 is 0. The molecule has 0 radical (unpaired) electrons. The molecule has 0 rings (SSSR count). The smallest absolute Gasteiger partial charge is 0.322 e. The largest absolute Gasteiger partial charge is 0.480 e. The Labute approximate surface area is 64.8 Å². The summed E-state index contributed by atoms with van der Waals surface area (Å²) in [4.78, 5) is 14.4. The summed E-state index contributed by atoms with van der Waals surface area (Å²) in [6.45, 7) is 5.01. The second-order valence-electron chi connectivity index (χ2n) is 2.05. The van der Waals surface area contributed by atoms with Gasteiger partial charge in [-0.15, -0.1) is 0 Å². The Morgan fingerprint density at radius 2 is 2.45 bits per heavy atom. The minimum Gasteiger partial charge on any atom is -0.480 e. The number of aliphatic carboxylic acids is 1. The van der Waals surface area contributed by atoms with E-state index in [0.29, 0.717) is 5.70 Å². The molecule has 0 aliphatic heterocycles. The lowest BCUT2D eigenvalue weighted by Gasteiger charge is -2.12. The van der Waals surface area contributed by atoms with Crippen molar-refractivity contribution in [3.8, 4) is 0 Å². The fourth-order valence-corrected chi connectivity index (χ4v) is 0.415. The summed E-state index contributed by atoms with van der Waals surface area (Å²) in [5.41, 5.74) is 0.454. The Bertz CT molecular complexity index is 158. The van der Waals surface area contributed by atoms with E-state index in [0.717, 1.165) is 0 Å². The maximum absolute atomic E-state index is 10.0. The predicted octanol–water partition coefficient (Wildman–Crippen LogP) is -0.547. The van der Waals surface area contributed by atoms with Crippen molar-refractivity contribution in [2.24, 2.45) is 5.90 Å². The standard InChI is InChI=1S/C6H12N2O3/c1-4(5(2)11-7)8-3-6(9)10/h5,8H,1,3,7H2,2H3,(H,9,10). The number of hydrogen-bond acceptors (Lipinski definition) is 4. The number of carboxylic acid groups (broad SMARTS) is 1. The first-order valence-electron chi connectivity index (χ1n) is 3.08. The van der Waals surface area contributed by atoms with Crippen molar-refractivity contribution in [2.45, 2.75) is 13.0 Å². The van der Waals surface area contributed by atoms with Crippen LogP contribution in [0.25, 0.3) is 0 Å². The van der Waals surface area contributed by atoms with Gasteiger partial charge in [-0.25, -0.2) is 5.90 Å².